The third-order valence-electron chi connectivity index (χ3n) is 3.69. The second kappa shape index (κ2) is 7.88. The molecule has 0 fully saturated rings. The molecule has 5 nitrogen and oxygen atoms in total. The first kappa shape index (κ1) is 17.3. The molecule has 116 valence electrons. The molecule has 2 atom stereocenters. The lowest BCUT2D eigenvalue weighted by atomic mass is 9.93. The minimum absolute atomic E-state index is 0.0156. The molecule has 0 heterocycles. The van der Waals surface area contributed by atoms with Gasteiger partial charge in [-0.05, 0) is 24.6 Å². The number of carbonyl (C=O) groups is 2. The number of alkyl carbamates (subject to hydrolysis) is 1. The van der Waals surface area contributed by atoms with E-state index in [0.717, 1.165) is 5.56 Å². The quantitative estimate of drug-likeness (QED) is 0.909. The van der Waals surface area contributed by atoms with Gasteiger partial charge in [-0.25, -0.2) is 4.79 Å². The van der Waals surface area contributed by atoms with Crippen LogP contribution in [-0.2, 0) is 9.53 Å². The Bertz CT molecular complexity index is 490. The van der Waals surface area contributed by atoms with Gasteiger partial charge in [0.1, 0.15) is 6.54 Å². The van der Waals surface area contributed by atoms with E-state index >= 15 is 0 Å². The van der Waals surface area contributed by atoms with E-state index in [-0.39, 0.29) is 24.4 Å². The smallest absolute Gasteiger partial charge is 0.407 e. The van der Waals surface area contributed by atoms with Gasteiger partial charge in [-0.3, -0.25) is 4.79 Å². The van der Waals surface area contributed by atoms with Crippen molar-refractivity contribution >= 4 is 23.6 Å². The number of nitrogens with one attached hydrogen (secondary N) is 1. The van der Waals surface area contributed by atoms with Crippen molar-refractivity contribution in [2.45, 2.75) is 25.8 Å². The molecular weight excluding hydrogens is 292 g/mol. The number of amides is 2. The van der Waals surface area contributed by atoms with Crippen molar-refractivity contribution in [3.05, 3.63) is 34.9 Å². The summed E-state index contributed by atoms with van der Waals surface area (Å²) in [7, 11) is 2.98. The van der Waals surface area contributed by atoms with Crippen LogP contribution >= 0.6 is 11.6 Å². The predicted molar refractivity (Wildman–Crippen MR) is 82.5 cm³/mol. The summed E-state index contributed by atoms with van der Waals surface area (Å²) in [5.74, 6) is -0.0249. The monoisotopic (exact) mass is 312 g/mol. The van der Waals surface area contributed by atoms with Crippen LogP contribution in [0.15, 0.2) is 24.3 Å². The largest absolute Gasteiger partial charge is 0.453 e. The summed E-state index contributed by atoms with van der Waals surface area (Å²) in [6.45, 7) is 3.93. The highest BCUT2D eigenvalue weighted by Gasteiger charge is 2.22. The van der Waals surface area contributed by atoms with Crippen molar-refractivity contribution in [2.75, 3.05) is 20.7 Å². The molecule has 21 heavy (non-hydrogen) atoms. The van der Waals surface area contributed by atoms with Crippen molar-refractivity contribution in [1.82, 2.24) is 10.2 Å². The lowest BCUT2D eigenvalue weighted by molar-refractivity contribution is -0.130. The van der Waals surface area contributed by atoms with Gasteiger partial charge in [0.25, 0.3) is 0 Å². The van der Waals surface area contributed by atoms with E-state index in [4.69, 9.17) is 11.6 Å². The number of rotatable bonds is 5. The van der Waals surface area contributed by atoms with Crippen molar-refractivity contribution in [1.29, 1.82) is 0 Å². The highest BCUT2D eigenvalue weighted by Crippen LogP contribution is 2.23. The fourth-order valence-electron chi connectivity index (χ4n) is 1.95. The number of hydrogen-bond donors (Lipinski definition) is 1. The summed E-state index contributed by atoms with van der Waals surface area (Å²) < 4.78 is 4.44. The highest BCUT2D eigenvalue weighted by molar-refractivity contribution is 6.30. The zero-order valence-electron chi connectivity index (χ0n) is 12.7. The maximum atomic E-state index is 12.0. The molecule has 1 rings (SSSR count). The van der Waals surface area contributed by atoms with Gasteiger partial charge in [-0.15, -0.1) is 0 Å². The first-order valence-electron chi connectivity index (χ1n) is 6.69. The van der Waals surface area contributed by atoms with Crippen molar-refractivity contribution in [3.63, 3.8) is 0 Å². The minimum Gasteiger partial charge on any atom is -0.453 e. The van der Waals surface area contributed by atoms with E-state index in [2.05, 4.69) is 10.1 Å². The molecule has 0 unspecified atom stereocenters. The summed E-state index contributed by atoms with van der Waals surface area (Å²) >= 11 is 5.88. The molecule has 1 N–H and O–H groups in total. The summed E-state index contributed by atoms with van der Waals surface area (Å²) in [6.07, 6.45) is -0.616. The normalized spacial score (nSPS) is 13.2. The number of hydrogen-bond acceptors (Lipinski definition) is 3. The molecule has 0 aliphatic heterocycles. The Hall–Kier alpha value is -1.75. The topological polar surface area (TPSA) is 58.6 Å². The molecule has 0 aliphatic rings. The number of nitrogens with zero attached hydrogens (tertiary/aromatic N) is 1. The Balaban J connectivity index is 2.63. The van der Waals surface area contributed by atoms with Gasteiger partial charge in [0.15, 0.2) is 0 Å². The van der Waals surface area contributed by atoms with Gasteiger partial charge in [0, 0.05) is 24.0 Å². The van der Waals surface area contributed by atoms with E-state index in [1.807, 2.05) is 38.1 Å². The van der Waals surface area contributed by atoms with Crippen LogP contribution in [0.1, 0.15) is 25.3 Å². The van der Waals surface area contributed by atoms with Gasteiger partial charge >= 0.3 is 6.09 Å². The van der Waals surface area contributed by atoms with Gasteiger partial charge < -0.3 is 15.0 Å². The third kappa shape index (κ3) is 4.93. The van der Waals surface area contributed by atoms with E-state index < -0.39 is 6.09 Å². The number of ether oxygens (including phenoxy) is 1. The average molecular weight is 313 g/mol. The van der Waals surface area contributed by atoms with Crippen LogP contribution < -0.4 is 5.32 Å². The first-order valence-corrected chi connectivity index (χ1v) is 7.07. The molecule has 0 saturated heterocycles. The SMILES string of the molecule is COC(=O)NCC(=O)N(C)[C@@H](C)[C@@H](C)c1ccc(Cl)cc1. The van der Waals surface area contributed by atoms with Crippen LogP contribution in [0.5, 0.6) is 0 Å². The maximum absolute atomic E-state index is 12.0. The highest BCUT2D eigenvalue weighted by atomic mass is 35.5. The summed E-state index contributed by atoms with van der Waals surface area (Å²) in [6, 6.07) is 7.56. The Morgan fingerprint density at radius 1 is 1.29 bits per heavy atom. The molecule has 6 heteroatoms. The van der Waals surface area contributed by atoms with E-state index in [0.29, 0.717) is 5.02 Å². The molecule has 0 aliphatic carbocycles. The van der Waals surface area contributed by atoms with Crippen LogP contribution in [0.2, 0.25) is 5.02 Å². The molecule has 2 amide bonds. The number of benzene rings is 1. The summed E-state index contributed by atoms with van der Waals surface area (Å²) in [5.41, 5.74) is 1.10. The van der Waals surface area contributed by atoms with E-state index in [1.54, 1.807) is 11.9 Å². The summed E-state index contributed by atoms with van der Waals surface area (Å²) in [5, 5.41) is 3.07. The Kier molecular flexibility index (Phi) is 6.49. The second-order valence-electron chi connectivity index (χ2n) is 4.93. The Morgan fingerprint density at radius 3 is 2.38 bits per heavy atom. The maximum Gasteiger partial charge on any atom is 0.407 e. The van der Waals surface area contributed by atoms with Gasteiger partial charge in [0.2, 0.25) is 5.91 Å². The number of methoxy groups -OCH3 is 1. The standard InChI is InChI=1S/C15H21ClN2O3/c1-10(12-5-7-13(16)8-6-12)11(2)18(3)14(19)9-17-15(20)21-4/h5-8,10-11H,9H2,1-4H3,(H,17,20)/t10-,11+/m1/s1. The average Bonchev–Trinajstić information content (AvgIpc) is 2.50. The van der Waals surface area contributed by atoms with Crippen molar-refractivity contribution < 1.29 is 14.3 Å². The van der Waals surface area contributed by atoms with Crippen LogP contribution in [0.25, 0.3) is 0 Å². The van der Waals surface area contributed by atoms with Crippen molar-refractivity contribution in [3.8, 4) is 0 Å². The van der Waals surface area contributed by atoms with Gasteiger partial charge in [-0.2, -0.15) is 0 Å². The molecule has 1 aromatic rings. The number of halogens is 1. The zero-order valence-corrected chi connectivity index (χ0v) is 13.5. The van der Waals surface area contributed by atoms with Crippen LogP contribution in [-0.4, -0.2) is 43.6 Å². The van der Waals surface area contributed by atoms with Crippen LogP contribution in [0.3, 0.4) is 0 Å². The van der Waals surface area contributed by atoms with Crippen LogP contribution in [0, 0.1) is 0 Å². The summed E-state index contributed by atoms with van der Waals surface area (Å²) in [4.78, 5) is 24.6. The van der Waals surface area contributed by atoms with Crippen LogP contribution in [0.4, 0.5) is 4.79 Å². The fraction of sp³-hybridized carbons (Fsp3) is 0.467. The number of carbonyl (C=O) groups excluding carboxylic acids is 2. The first-order chi connectivity index (χ1) is 9.86. The molecule has 0 bridgehead atoms. The van der Waals surface area contributed by atoms with Gasteiger partial charge in [-0.1, -0.05) is 30.7 Å². The lowest BCUT2D eigenvalue weighted by Crippen LogP contribution is -2.44. The predicted octanol–water partition coefficient (Wildman–Crippen LogP) is 2.65. The van der Waals surface area contributed by atoms with Gasteiger partial charge in [0.05, 0.1) is 7.11 Å². The molecular formula is C15H21ClN2O3. The molecule has 0 aromatic heterocycles. The molecule has 1 aromatic carbocycles. The Morgan fingerprint density at radius 2 is 1.86 bits per heavy atom. The van der Waals surface area contributed by atoms with E-state index in [9.17, 15) is 9.59 Å². The molecule has 0 spiro atoms. The minimum atomic E-state index is -0.616. The molecule has 0 radical (unpaired) electrons. The third-order valence-corrected chi connectivity index (χ3v) is 3.95. The Labute approximate surface area is 130 Å². The van der Waals surface area contributed by atoms with E-state index in [1.165, 1.54) is 7.11 Å². The lowest BCUT2D eigenvalue weighted by Gasteiger charge is -2.30. The van der Waals surface area contributed by atoms with Crippen molar-refractivity contribution in [2.24, 2.45) is 0 Å². The zero-order chi connectivity index (χ0) is 16.0. The fourth-order valence-corrected chi connectivity index (χ4v) is 2.08. The molecule has 0 saturated carbocycles. The number of likely N-dealkylation sites (N-methyl/N-ethyl adjacent to an activating group) is 1. The second-order valence-corrected chi connectivity index (χ2v) is 5.37.